The van der Waals surface area contributed by atoms with Crippen molar-refractivity contribution in [2.24, 2.45) is 5.92 Å². The van der Waals surface area contributed by atoms with Crippen LogP contribution >= 0.6 is 0 Å². The number of nitrogens with two attached hydrogens (primary N) is 1. The lowest BCUT2D eigenvalue weighted by Gasteiger charge is -2.07. The van der Waals surface area contributed by atoms with Crippen LogP contribution in [0.15, 0.2) is 36.5 Å². The zero-order valence-electron chi connectivity index (χ0n) is 11.3. The van der Waals surface area contributed by atoms with E-state index < -0.39 is 0 Å². The number of nitrogens with zero attached hydrogens (tertiary/aromatic N) is 2. The first-order valence-corrected chi connectivity index (χ1v) is 6.42. The average Bonchev–Trinajstić information content (AvgIpc) is 2.37. The van der Waals surface area contributed by atoms with Gasteiger partial charge in [-0.1, -0.05) is 38.1 Å². The fraction of sp³-hybridized carbons (Fsp3) is 0.333. The Bertz CT molecular complexity index is 523. The summed E-state index contributed by atoms with van der Waals surface area (Å²) in [6, 6.07) is 10.4. The lowest BCUT2D eigenvalue weighted by Crippen LogP contribution is -2.01. The van der Waals surface area contributed by atoms with E-state index in [-0.39, 0.29) is 0 Å². The molecule has 0 aliphatic rings. The third kappa shape index (κ3) is 4.25. The van der Waals surface area contributed by atoms with Gasteiger partial charge < -0.3 is 10.5 Å². The van der Waals surface area contributed by atoms with Crippen molar-refractivity contribution < 1.29 is 4.74 Å². The Morgan fingerprint density at radius 1 is 1.11 bits per heavy atom. The van der Waals surface area contributed by atoms with E-state index in [9.17, 15) is 0 Å². The van der Waals surface area contributed by atoms with Crippen LogP contribution in [0, 0.1) is 5.92 Å². The summed E-state index contributed by atoms with van der Waals surface area (Å²) in [6.45, 7) is 4.88. The highest BCUT2D eigenvalue weighted by molar-refractivity contribution is 5.27. The van der Waals surface area contributed by atoms with Crippen LogP contribution in [0.2, 0.25) is 0 Å². The maximum absolute atomic E-state index is 5.56. The van der Waals surface area contributed by atoms with Crippen LogP contribution in [0.5, 0.6) is 6.01 Å². The number of rotatable bonds is 5. The highest BCUT2D eigenvalue weighted by Gasteiger charge is 2.01. The molecule has 1 aromatic carbocycles. The number of ether oxygens (including phenoxy) is 1. The fourth-order valence-corrected chi connectivity index (χ4v) is 1.81. The number of nitrogen functional groups attached to an aromatic ring is 1. The molecule has 0 atom stereocenters. The second kappa shape index (κ2) is 6.18. The maximum atomic E-state index is 5.56. The number of hydrogen-bond donors (Lipinski definition) is 1. The molecule has 4 heteroatoms. The van der Waals surface area contributed by atoms with E-state index in [0.717, 1.165) is 12.0 Å². The Hall–Kier alpha value is -2.10. The summed E-state index contributed by atoms with van der Waals surface area (Å²) in [7, 11) is 0. The van der Waals surface area contributed by atoms with Crippen LogP contribution in [0.3, 0.4) is 0 Å². The van der Waals surface area contributed by atoms with Crippen LogP contribution in [0.1, 0.15) is 25.0 Å². The molecule has 0 aliphatic heterocycles. The van der Waals surface area contributed by atoms with Gasteiger partial charge in [0.05, 0.1) is 0 Å². The Morgan fingerprint density at radius 3 is 2.42 bits per heavy atom. The van der Waals surface area contributed by atoms with Gasteiger partial charge in [0.2, 0.25) is 0 Å². The summed E-state index contributed by atoms with van der Waals surface area (Å²) < 4.78 is 5.49. The smallest absolute Gasteiger partial charge is 0.318 e. The summed E-state index contributed by atoms with van der Waals surface area (Å²) in [5.41, 5.74) is 8.00. The molecule has 4 nitrogen and oxygen atoms in total. The van der Waals surface area contributed by atoms with Crippen molar-refractivity contribution >= 4 is 5.82 Å². The van der Waals surface area contributed by atoms with E-state index in [0.29, 0.717) is 24.4 Å². The van der Waals surface area contributed by atoms with Gasteiger partial charge in [0.15, 0.2) is 0 Å². The van der Waals surface area contributed by atoms with Crippen molar-refractivity contribution in [3.8, 4) is 6.01 Å². The lowest BCUT2D eigenvalue weighted by atomic mass is 10.0. The molecule has 2 rings (SSSR count). The van der Waals surface area contributed by atoms with Gasteiger partial charge >= 0.3 is 6.01 Å². The zero-order valence-corrected chi connectivity index (χ0v) is 11.3. The lowest BCUT2D eigenvalue weighted by molar-refractivity contribution is 0.281. The van der Waals surface area contributed by atoms with E-state index in [4.69, 9.17) is 10.5 Å². The maximum Gasteiger partial charge on any atom is 0.318 e. The zero-order chi connectivity index (χ0) is 13.7. The second-order valence-electron chi connectivity index (χ2n) is 4.97. The molecule has 1 aromatic heterocycles. The molecule has 19 heavy (non-hydrogen) atoms. The van der Waals surface area contributed by atoms with Crippen LogP contribution < -0.4 is 10.5 Å². The Kier molecular flexibility index (Phi) is 4.34. The first kappa shape index (κ1) is 13.3. The minimum Gasteiger partial charge on any atom is -0.459 e. The average molecular weight is 257 g/mol. The Morgan fingerprint density at radius 2 is 1.79 bits per heavy atom. The molecule has 0 unspecified atom stereocenters. The van der Waals surface area contributed by atoms with Crippen molar-refractivity contribution in [3.63, 3.8) is 0 Å². The molecule has 0 radical (unpaired) electrons. The van der Waals surface area contributed by atoms with E-state index >= 15 is 0 Å². The van der Waals surface area contributed by atoms with Crippen molar-refractivity contribution in [1.29, 1.82) is 0 Å². The van der Waals surface area contributed by atoms with Gasteiger partial charge in [-0.2, -0.15) is 4.98 Å². The van der Waals surface area contributed by atoms with Gasteiger partial charge in [0.1, 0.15) is 12.4 Å². The quantitative estimate of drug-likeness (QED) is 0.894. The van der Waals surface area contributed by atoms with Gasteiger partial charge in [-0.05, 0) is 29.5 Å². The number of hydrogen-bond acceptors (Lipinski definition) is 4. The van der Waals surface area contributed by atoms with Crippen molar-refractivity contribution in [2.75, 3.05) is 5.73 Å². The molecule has 2 N–H and O–H groups in total. The van der Waals surface area contributed by atoms with E-state index in [2.05, 4.69) is 48.1 Å². The molecule has 0 aliphatic carbocycles. The first-order chi connectivity index (χ1) is 9.13. The molecule has 1 heterocycles. The molecule has 0 bridgehead atoms. The minimum absolute atomic E-state index is 0.311. The molecule has 100 valence electrons. The topological polar surface area (TPSA) is 61.0 Å². The fourth-order valence-electron chi connectivity index (χ4n) is 1.81. The summed E-state index contributed by atoms with van der Waals surface area (Å²) in [6.07, 6.45) is 2.68. The number of aromatic nitrogens is 2. The molecule has 0 saturated carbocycles. The highest BCUT2D eigenvalue weighted by atomic mass is 16.5. The van der Waals surface area contributed by atoms with Crippen molar-refractivity contribution in [1.82, 2.24) is 9.97 Å². The van der Waals surface area contributed by atoms with Gasteiger partial charge in [-0.3, -0.25) is 0 Å². The molecular weight excluding hydrogens is 238 g/mol. The van der Waals surface area contributed by atoms with Gasteiger partial charge in [0.25, 0.3) is 0 Å². The highest BCUT2D eigenvalue weighted by Crippen LogP contribution is 2.12. The van der Waals surface area contributed by atoms with Crippen molar-refractivity contribution in [3.05, 3.63) is 47.7 Å². The van der Waals surface area contributed by atoms with Crippen LogP contribution in [-0.2, 0) is 13.0 Å². The van der Waals surface area contributed by atoms with Crippen LogP contribution in [-0.4, -0.2) is 9.97 Å². The summed E-state index contributed by atoms with van der Waals surface area (Å²) in [4.78, 5) is 7.99. The largest absolute Gasteiger partial charge is 0.459 e. The summed E-state index contributed by atoms with van der Waals surface area (Å²) in [5.74, 6) is 1.08. The van der Waals surface area contributed by atoms with Gasteiger partial charge in [-0.25, -0.2) is 4.98 Å². The molecule has 0 amide bonds. The normalized spacial score (nSPS) is 10.7. The molecular formula is C15H19N3O. The third-order valence-corrected chi connectivity index (χ3v) is 2.69. The third-order valence-electron chi connectivity index (χ3n) is 2.69. The molecule has 0 fully saturated rings. The van der Waals surface area contributed by atoms with Crippen LogP contribution in [0.25, 0.3) is 0 Å². The standard InChI is InChI=1S/C15H19N3O/c1-11(2)9-12-3-5-13(6-4-12)10-19-15-17-8-7-14(16)18-15/h3-8,11H,9-10H2,1-2H3,(H2,16,17,18). The first-order valence-electron chi connectivity index (χ1n) is 6.42. The predicted octanol–water partition coefficient (Wildman–Crippen LogP) is 2.84. The minimum atomic E-state index is 0.311. The second-order valence-corrected chi connectivity index (χ2v) is 4.97. The number of benzene rings is 1. The van der Waals surface area contributed by atoms with Gasteiger partial charge in [-0.15, -0.1) is 0 Å². The van der Waals surface area contributed by atoms with E-state index in [1.54, 1.807) is 12.3 Å². The van der Waals surface area contributed by atoms with E-state index in [1.807, 2.05) is 0 Å². The molecule has 0 saturated heterocycles. The Labute approximate surface area is 113 Å². The van der Waals surface area contributed by atoms with Gasteiger partial charge in [0, 0.05) is 6.20 Å². The van der Waals surface area contributed by atoms with Crippen molar-refractivity contribution in [2.45, 2.75) is 26.9 Å². The molecule has 2 aromatic rings. The monoisotopic (exact) mass is 257 g/mol. The summed E-state index contributed by atoms with van der Waals surface area (Å²) in [5, 5.41) is 0. The number of anilines is 1. The van der Waals surface area contributed by atoms with Crippen LogP contribution in [0.4, 0.5) is 5.82 Å². The predicted molar refractivity (Wildman–Crippen MR) is 75.8 cm³/mol. The Balaban J connectivity index is 1.93. The molecule has 0 spiro atoms. The summed E-state index contributed by atoms with van der Waals surface area (Å²) >= 11 is 0. The van der Waals surface area contributed by atoms with E-state index in [1.165, 1.54) is 5.56 Å². The SMILES string of the molecule is CC(C)Cc1ccc(COc2nccc(N)n2)cc1.